The molecule has 0 saturated heterocycles. The van der Waals surface area contributed by atoms with Crippen molar-refractivity contribution in [1.82, 2.24) is 0 Å². The predicted molar refractivity (Wildman–Crippen MR) is 454 cm³/mol. The molecule has 8 aromatic carbocycles. The van der Waals surface area contributed by atoms with Crippen LogP contribution in [-0.4, -0.2) is 0 Å². The molecule has 12 aromatic rings. The van der Waals surface area contributed by atoms with E-state index in [1.54, 1.807) is 49.9 Å². The maximum atomic E-state index is 8.54. The SMILES string of the molecule is C.C.C.C.Cc1cc(C)c(-c2cc(C(C)C)c(C)c[n+]2C)cc1-c1ccccc1.Cc1cc(C)c(-c2cc(C)c(C(C)C)c[n+]2C)cc1-c1ccccc1.[2H]C([2H])([2H])c1cc(C)c(-c2cc(C([2H])(C)C)c(C([2H])([2H])[2H])c[n+]2C)cc1-c1ccccc1.[2H]C([2H])([2H])c1cc(C)c(-c2cc(C)c(C([2H])(C)C)c[n+]2C)cc1-c1ccccc1. The van der Waals surface area contributed by atoms with Crippen molar-refractivity contribution in [3.63, 3.8) is 0 Å². The molecule has 0 amide bonds. The Kier molecular flexibility index (Phi) is 24.6. The van der Waals surface area contributed by atoms with E-state index in [0.717, 1.165) is 61.5 Å². The maximum Gasteiger partial charge on any atom is 0.212 e. The molecule has 0 spiro atoms. The summed E-state index contributed by atoms with van der Waals surface area (Å²) in [4.78, 5) is 0. The minimum atomic E-state index is -2.35. The number of benzene rings is 8. The average molecular weight is 1400 g/mol. The summed E-state index contributed by atoms with van der Waals surface area (Å²) in [5.74, 6) is -0.740. The fraction of sp³-hybridized carbons (Fsp3) is 0.320. The third-order valence-corrected chi connectivity index (χ3v) is 19.4. The molecular weight excluding hydrogens is 1260 g/mol. The largest absolute Gasteiger partial charge is 0.212 e. The van der Waals surface area contributed by atoms with Gasteiger partial charge in [0.1, 0.15) is 28.2 Å². The average Bonchev–Trinajstić information content (AvgIpc) is 0.684. The molecule has 4 aromatic heterocycles. The third kappa shape index (κ3) is 19.6. The van der Waals surface area contributed by atoms with E-state index in [4.69, 9.17) is 15.1 Å². The summed E-state index contributed by atoms with van der Waals surface area (Å²) in [6.45, 7) is 28.4. The third-order valence-electron chi connectivity index (χ3n) is 19.4. The van der Waals surface area contributed by atoms with Gasteiger partial charge < -0.3 is 0 Å². The van der Waals surface area contributed by atoms with Crippen LogP contribution in [0, 0.1) is 82.9 Å². The molecule has 544 valence electrons. The molecule has 0 bridgehead atoms. The van der Waals surface area contributed by atoms with Crippen LogP contribution in [0.3, 0.4) is 0 Å². The zero-order valence-corrected chi connectivity index (χ0v) is 63.2. The van der Waals surface area contributed by atoms with Gasteiger partial charge in [-0.25, -0.2) is 18.3 Å². The normalized spacial score (nSPS) is 12.9. The molecule has 0 aliphatic carbocycles. The van der Waals surface area contributed by atoms with Gasteiger partial charge in [0, 0.05) is 83.9 Å². The first-order valence-corrected chi connectivity index (χ1v) is 35.1. The Bertz CT molecular complexity index is 5330. The zero-order valence-electron chi connectivity index (χ0n) is 74.2. The van der Waals surface area contributed by atoms with Gasteiger partial charge in [0.05, 0.1) is 0 Å². The summed E-state index contributed by atoms with van der Waals surface area (Å²) >= 11 is 0. The lowest BCUT2D eigenvalue weighted by molar-refractivity contribution is -0.661. The van der Waals surface area contributed by atoms with E-state index in [9.17, 15) is 0 Å². The quantitative estimate of drug-likeness (QED) is 0.108. The summed E-state index contributed by atoms with van der Waals surface area (Å²) in [7, 11) is 8.05. The highest BCUT2D eigenvalue weighted by atomic mass is 14.9. The van der Waals surface area contributed by atoms with Crippen LogP contribution in [-0.2, 0) is 28.2 Å². The highest BCUT2D eigenvalue weighted by Crippen LogP contribution is 2.38. The number of hydrogen-bond acceptors (Lipinski definition) is 0. The topological polar surface area (TPSA) is 15.5 Å². The fourth-order valence-corrected chi connectivity index (χ4v) is 14.0. The Morgan fingerprint density at radius 2 is 0.490 bits per heavy atom. The van der Waals surface area contributed by atoms with Crippen molar-refractivity contribution >= 4 is 0 Å². The van der Waals surface area contributed by atoms with E-state index >= 15 is 0 Å². The van der Waals surface area contributed by atoms with Crippen molar-refractivity contribution in [2.75, 3.05) is 0 Å². The van der Waals surface area contributed by atoms with Gasteiger partial charge in [-0.05, 0) is 242 Å². The lowest BCUT2D eigenvalue weighted by atomic mass is 9.91. The van der Waals surface area contributed by atoms with E-state index in [2.05, 4.69) is 208 Å². The van der Waals surface area contributed by atoms with Gasteiger partial charge in [-0.3, -0.25) is 0 Å². The van der Waals surface area contributed by atoms with Gasteiger partial charge >= 0.3 is 0 Å². The fourth-order valence-electron chi connectivity index (χ4n) is 14.0. The standard InChI is InChI=1S/4C24H28N.4CH4/c2*1-16(2)21-14-24(25(6)15-19(21)5)23-13-22(17(3)12-18(23)4)20-10-8-7-9-11-20;2*1-16(2)23-15-25(6)24(13-19(23)5)22-14-21(17(3)12-18(22)4)20-10-8-7-9-11-20;;;;/h4*7-16H,1-6H3;4*1H4/q4*+1;;;;/i3D3,5D3,16D;;3D3,16D;;;;;. The second kappa shape index (κ2) is 37.2. The van der Waals surface area contributed by atoms with Gasteiger partial charge in [-0.2, -0.15) is 0 Å². The number of rotatable bonds is 12. The molecule has 104 heavy (non-hydrogen) atoms. The van der Waals surface area contributed by atoms with Gasteiger partial charge in [0.15, 0.2) is 24.8 Å². The minimum absolute atomic E-state index is 0. The lowest BCUT2D eigenvalue weighted by Crippen LogP contribution is -2.32. The molecule has 0 N–H and O–H groups in total. The van der Waals surface area contributed by atoms with Crippen molar-refractivity contribution in [2.24, 2.45) is 28.2 Å². The molecule has 0 radical (unpaired) electrons. The first-order chi connectivity index (χ1) is 51.8. The summed E-state index contributed by atoms with van der Waals surface area (Å²) in [6, 6.07) is 65.6. The Balaban J connectivity index is 0.000000272. The number of hydrogen-bond donors (Lipinski definition) is 0. The minimum Gasteiger partial charge on any atom is -0.201 e. The maximum absolute atomic E-state index is 8.54. The Morgan fingerprint density at radius 1 is 0.240 bits per heavy atom. The van der Waals surface area contributed by atoms with Gasteiger partial charge in [-0.15, -0.1) is 0 Å². The van der Waals surface area contributed by atoms with Crippen LogP contribution in [0.25, 0.3) is 89.5 Å². The summed E-state index contributed by atoms with van der Waals surface area (Å²) in [5, 5.41) is 0. The number of nitrogens with zero attached hydrogens (tertiary/aromatic N) is 4. The monoisotopic (exact) mass is 1400 g/mol. The predicted octanol–water partition coefficient (Wildman–Crippen LogP) is 26.1. The second-order valence-electron chi connectivity index (χ2n) is 28.4. The van der Waals surface area contributed by atoms with Crippen LogP contribution in [0.15, 0.2) is 219 Å². The number of pyridine rings is 4. The van der Waals surface area contributed by atoms with Crippen LogP contribution in [0.2, 0.25) is 0 Å². The highest BCUT2D eigenvalue weighted by molar-refractivity contribution is 5.80. The molecule has 0 atom stereocenters. The van der Waals surface area contributed by atoms with Crippen LogP contribution in [0.5, 0.6) is 0 Å². The van der Waals surface area contributed by atoms with E-state index in [-0.39, 0.29) is 40.8 Å². The summed E-state index contributed by atoms with van der Waals surface area (Å²) in [6.07, 6.45) is 8.12. The molecule has 0 saturated carbocycles. The van der Waals surface area contributed by atoms with E-state index in [1.807, 2.05) is 125 Å². The molecular formula is C100H128N4+4. The molecule has 0 aliphatic heterocycles. The zero-order chi connectivity index (χ0) is 81.9. The van der Waals surface area contributed by atoms with Gasteiger partial charge in [0.25, 0.3) is 0 Å². The van der Waals surface area contributed by atoms with Gasteiger partial charge in [-0.1, -0.05) is 231 Å². The van der Waals surface area contributed by atoms with Crippen molar-refractivity contribution in [1.29, 1.82) is 0 Å². The smallest absolute Gasteiger partial charge is 0.201 e. The van der Waals surface area contributed by atoms with Crippen LogP contribution in [0.4, 0.5) is 0 Å². The first-order valence-electron chi connectivity index (χ1n) is 40.6. The molecule has 0 unspecified atom stereocenters. The summed E-state index contributed by atoms with van der Waals surface area (Å²) in [5.41, 5.74) is 32.7. The molecule has 0 aliphatic rings. The van der Waals surface area contributed by atoms with E-state index in [1.165, 1.54) is 89.3 Å². The molecule has 4 heteroatoms. The number of aromatic nitrogens is 4. The second-order valence-corrected chi connectivity index (χ2v) is 28.4. The molecule has 0 fully saturated rings. The molecule has 12 rings (SSSR count). The van der Waals surface area contributed by atoms with Crippen molar-refractivity contribution in [2.45, 2.75) is 192 Å². The summed E-state index contributed by atoms with van der Waals surface area (Å²) < 4.78 is 97.1. The Hall–Kier alpha value is -9.64. The van der Waals surface area contributed by atoms with Crippen LogP contribution in [0.1, 0.15) is 213 Å². The van der Waals surface area contributed by atoms with Crippen molar-refractivity contribution in [3.05, 3.63) is 308 Å². The Labute approximate surface area is 647 Å². The van der Waals surface area contributed by atoms with E-state index < -0.39 is 32.3 Å². The molecule has 4 heterocycles. The van der Waals surface area contributed by atoms with E-state index in [0.29, 0.717) is 28.5 Å². The van der Waals surface area contributed by atoms with Crippen molar-refractivity contribution in [3.8, 4) is 89.5 Å². The highest BCUT2D eigenvalue weighted by Gasteiger charge is 2.24. The lowest BCUT2D eigenvalue weighted by Gasteiger charge is -2.14. The van der Waals surface area contributed by atoms with Gasteiger partial charge in [0.2, 0.25) is 22.8 Å². The molecule has 4 nitrogen and oxygen atoms in total. The van der Waals surface area contributed by atoms with Crippen LogP contribution < -0.4 is 18.3 Å². The Morgan fingerprint density at radius 3 is 0.798 bits per heavy atom. The first kappa shape index (κ1) is 68.8. The van der Waals surface area contributed by atoms with Crippen LogP contribution >= 0.6 is 0 Å². The van der Waals surface area contributed by atoms with Crippen molar-refractivity contribution < 1.29 is 33.3 Å². The number of aryl methyl sites for hydroxylation is 16.